The molecule has 1 aromatic heterocycles. The van der Waals surface area contributed by atoms with Crippen LogP contribution in [0.15, 0.2) is 11.6 Å². The normalized spacial score (nSPS) is 11.6. The Bertz CT molecular complexity index is 448. The molecule has 0 unspecified atom stereocenters. The number of nitrogens with zero attached hydrogens (tertiary/aromatic N) is 1. The van der Waals surface area contributed by atoms with E-state index >= 15 is 0 Å². The van der Waals surface area contributed by atoms with Gasteiger partial charge >= 0.3 is 12.0 Å². The van der Waals surface area contributed by atoms with Crippen LogP contribution in [0.1, 0.15) is 11.4 Å². The van der Waals surface area contributed by atoms with Crippen LogP contribution in [-0.4, -0.2) is 40.6 Å². The van der Waals surface area contributed by atoms with Crippen molar-refractivity contribution in [2.45, 2.75) is 18.9 Å². The van der Waals surface area contributed by atoms with E-state index in [1.807, 2.05) is 5.38 Å². The average Bonchev–Trinajstić information content (AvgIpc) is 2.80. The van der Waals surface area contributed by atoms with E-state index in [-0.39, 0.29) is 0 Å². The number of urea groups is 1. The van der Waals surface area contributed by atoms with E-state index in [2.05, 4.69) is 15.6 Å². The first-order valence-electron chi connectivity index (χ1n) is 5.43. The van der Waals surface area contributed by atoms with E-state index in [1.54, 1.807) is 6.20 Å². The van der Waals surface area contributed by atoms with E-state index < -0.39 is 30.4 Å². The molecule has 0 spiro atoms. The number of primary amides is 1. The zero-order valence-corrected chi connectivity index (χ0v) is 10.8. The number of amides is 3. The van der Waals surface area contributed by atoms with Gasteiger partial charge in [0, 0.05) is 24.5 Å². The van der Waals surface area contributed by atoms with Gasteiger partial charge in [0.25, 0.3) is 0 Å². The van der Waals surface area contributed by atoms with Crippen LogP contribution in [-0.2, 0) is 16.0 Å². The highest BCUT2D eigenvalue weighted by Gasteiger charge is 2.21. The second-order valence-corrected chi connectivity index (χ2v) is 4.62. The number of rotatable bonds is 7. The maximum Gasteiger partial charge on any atom is 0.326 e. The predicted molar refractivity (Wildman–Crippen MR) is 67.6 cm³/mol. The number of carbonyl (C=O) groups is 3. The third-order valence-corrected chi connectivity index (χ3v) is 2.96. The molecule has 0 saturated heterocycles. The van der Waals surface area contributed by atoms with Crippen molar-refractivity contribution in [2.24, 2.45) is 5.73 Å². The summed E-state index contributed by atoms with van der Waals surface area (Å²) >= 11 is 1.46. The van der Waals surface area contributed by atoms with Crippen LogP contribution >= 0.6 is 11.3 Å². The number of aliphatic carboxylic acids is 1. The van der Waals surface area contributed by atoms with Crippen molar-refractivity contribution in [3.8, 4) is 0 Å². The van der Waals surface area contributed by atoms with Gasteiger partial charge < -0.3 is 21.5 Å². The van der Waals surface area contributed by atoms with Gasteiger partial charge in [-0.2, -0.15) is 0 Å². The zero-order valence-electron chi connectivity index (χ0n) is 9.96. The van der Waals surface area contributed by atoms with Gasteiger partial charge in [-0.3, -0.25) is 4.79 Å². The van der Waals surface area contributed by atoms with Gasteiger partial charge in [0.15, 0.2) is 0 Å². The van der Waals surface area contributed by atoms with Crippen LogP contribution < -0.4 is 16.4 Å². The number of hydrogen-bond donors (Lipinski definition) is 4. The van der Waals surface area contributed by atoms with Gasteiger partial charge in [-0.15, -0.1) is 11.3 Å². The minimum atomic E-state index is -1.32. The number of aromatic nitrogens is 1. The lowest BCUT2D eigenvalue weighted by molar-refractivity contribution is -0.140. The molecule has 104 valence electrons. The third kappa shape index (κ3) is 5.82. The first-order valence-corrected chi connectivity index (χ1v) is 6.31. The van der Waals surface area contributed by atoms with Crippen molar-refractivity contribution in [1.82, 2.24) is 15.6 Å². The second-order valence-electron chi connectivity index (χ2n) is 3.64. The molecular weight excluding hydrogens is 272 g/mol. The second kappa shape index (κ2) is 7.31. The molecule has 0 aliphatic rings. The molecule has 0 aliphatic carbocycles. The Labute approximate surface area is 113 Å². The van der Waals surface area contributed by atoms with E-state index in [0.29, 0.717) is 13.0 Å². The number of thiazole rings is 1. The number of nitrogens with two attached hydrogens (primary N) is 1. The maximum atomic E-state index is 11.4. The Balaban J connectivity index is 2.32. The molecule has 0 bridgehead atoms. The van der Waals surface area contributed by atoms with Gasteiger partial charge in [-0.25, -0.2) is 14.6 Å². The molecule has 0 radical (unpaired) electrons. The van der Waals surface area contributed by atoms with Crippen LogP contribution in [0, 0.1) is 0 Å². The summed E-state index contributed by atoms with van der Waals surface area (Å²) in [4.78, 5) is 36.9. The van der Waals surface area contributed by atoms with Crippen molar-refractivity contribution in [3.05, 3.63) is 16.6 Å². The summed E-state index contributed by atoms with van der Waals surface area (Å²) in [6.45, 7) is 0.322. The standard InChI is InChI=1S/C10H14N4O4S/c11-7(15)5-6(9(16)17)14-10(18)13-2-1-8-12-3-4-19-8/h3-4,6H,1-2,5H2,(H2,11,15)(H,16,17)(H2,13,14,18)/t6-/m0/s1. The van der Waals surface area contributed by atoms with Crippen molar-refractivity contribution in [3.63, 3.8) is 0 Å². The highest BCUT2D eigenvalue weighted by Crippen LogP contribution is 2.03. The third-order valence-electron chi connectivity index (χ3n) is 2.12. The number of carbonyl (C=O) groups excluding carboxylic acids is 2. The summed E-state index contributed by atoms with van der Waals surface area (Å²) in [6, 6.07) is -1.98. The van der Waals surface area contributed by atoms with Gasteiger partial charge in [0.1, 0.15) is 6.04 Å². The first-order chi connectivity index (χ1) is 8.99. The van der Waals surface area contributed by atoms with Crippen molar-refractivity contribution >= 4 is 29.2 Å². The highest BCUT2D eigenvalue weighted by molar-refractivity contribution is 7.09. The van der Waals surface area contributed by atoms with E-state index in [0.717, 1.165) is 5.01 Å². The van der Waals surface area contributed by atoms with E-state index in [4.69, 9.17) is 10.8 Å². The first kappa shape index (κ1) is 14.9. The fourth-order valence-electron chi connectivity index (χ4n) is 1.27. The average molecular weight is 286 g/mol. The molecule has 1 aromatic rings. The van der Waals surface area contributed by atoms with Gasteiger partial charge in [0.2, 0.25) is 5.91 Å². The maximum absolute atomic E-state index is 11.4. The monoisotopic (exact) mass is 286 g/mol. The summed E-state index contributed by atoms with van der Waals surface area (Å²) < 4.78 is 0. The molecule has 3 amide bonds. The molecule has 1 atom stereocenters. The van der Waals surface area contributed by atoms with Gasteiger partial charge in [0.05, 0.1) is 11.4 Å². The molecule has 9 heteroatoms. The van der Waals surface area contributed by atoms with Crippen molar-refractivity contribution < 1.29 is 19.5 Å². The fraction of sp³-hybridized carbons (Fsp3) is 0.400. The topological polar surface area (TPSA) is 134 Å². The summed E-state index contributed by atoms with van der Waals surface area (Å²) in [5, 5.41) is 16.1. The Morgan fingerprint density at radius 3 is 2.74 bits per heavy atom. The Morgan fingerprint density at radius 1 is 1.47 bits per heavy atom. The molecule has 0 aliphatic heterocycles. The molecular formula is C10H14N4O4S. The van der Waals surface area contributed by atoms with Gasteiger partial charge in [-0.1, -0.05) is 0 Å². The molecule has 5 N–H and O–H groups in total. The largest absolute Gasteiger partial charge is 0.480 e. The van der Waals surface area contributed by atoms with E-state index in [1.165, 1.54) is 11.3 Å². The van der Waals surface area contributed by atoms with Crippen LogP contribution in [0.4, 0.5) is 4.79 Å². The number of nitrogens with one attached hydrogen (secondary N) is 2. The lowest BCUT2D eigenvalue weighted by atomic mass is 10.2. The molecule has 19 heavy (non-hydrogen) atoms. The summed E-state index contributed by atoms with van der Waals surface area (Å²) in [7, 11) is 0. The van der Waals surface area contributed by atoms with Crippen molar-refractivity contribution in [2.75, 3.05) is 6.54 Å². The summed E-state index contributed by atoms with van der Waals surface area (Å²) in [5.74, 6) is -2.11. The highest BCUT2D eigenvalue weighted by atomic mass is 32.1. The zero-order chi connectivity index (χ0) is 14.3. The van der Waals surface area contributed by atoms with Crippen molar-refractivity contribution in [1.29, 1.82) is 0 Å². The Kier molecular flexibility index (Phi) is 5.73. The summed E-state index contributed by atoms with van der Waals surface area (Å²) in [6.07, 6.45) is 1.77. The number of carboxylic acid groups (broad SMARTS) is 1. The quantitative estimate of drug-likeness (QED) is 0.526. The lowest BCUT2D eigenvalue weighted by Crippen LogP contribution is -2.48. The minimum absolute atomic E-state index is 0.322. The SMILES string of the molecule is NC(=O)C[C@H](NC(=O)NCCc1nccs1)C(=O)O. The van der Waals surface area contributed by atoms with Crippen LogP contribution in [0.25, 0.3) is 0 Å². The van der Waals surface area contributed by atoms with Gasteiger partial charge in [-0.05, 0) is 0 Å². The predicted octanol–water partition coefficient (Wildman–Crippen LogP) is -0.687. The van der Waals surface area contributed by atoms with Crippen LogP contribution in [0.5, 0.6) is 0 Å². The molecule has 0 saturated carbocycles. The smallest absolute Gasteiger partial charge is 0.326 e. The summed E-state index contributed by atoms with van der Waals surface area (Å²) in [5.41, 5.74) is 4.89. The van der Waals surface area contributed by atoms with E-state index in [9.17, 15) is 14.4 Å². The molecule has 1 heterocycles. The molecule has 8 nitrogen and oxygen atoms in total. The number of hydrogen-bond acceptors (Lipinski definition) is 5. The minimum Gasteiger partial charge on any atom is -0.480 e. The van der Waals surface area contributed by atoms with Crippen LogP contribution in [0.2, 0.25) is 0 Å². The molecule has 0 aromatic carbocycles. The Morgan fingerprint density at radius 2 is 2.21 bits per heavy atom. The van der Waals surface area contributed by atoms with Crippen LogP contribution in [0.3, 0.4) is 0 Å². The molecule has 0 fully saturated rings. The fourth-order valence-corrected chi connectivity index (χ4v) is 1.89. The number of carboxylic acids is 1. The lowest BCUT2D eigenvalue weighted by Gasteiger charge is -2.13. The Hall–Kier alpha value is -2.16. The molecule has 1 rings (SSSR count).